The molecular weight excluding hydrogens is 404 g/mol. The van der Waals surface area contributed by atoms with E-state index in [2.05, 4.69) is 0 Å². The van der Waals surface area contributed by atoms with Crippen LogP contribution in [-0.2, 0) is 16.0 Å². The van der Waals surface area contributed by atoms with E-state index in [0.717, 1.165) is 11.1 Å². The van der Waals surface area contributed by atoms with Crippen LogP contribution in [0.5, 0.6) is 11.5 Å². The van der Waals surface area contributed by atoms with E-state index in [0.29, 0.717) is 49.1 Å². The number of halogens is 1. The highest BCUT2D eigenvalue weighted by Crippen LogP contribution is 2.27. The van der Waals surface area contributed by atoms with Gasteiger partial charge in [-0.2, -0.15) is 0 Å². The Morgan fingerprint density at radius 3 is 2.20 bits per heavy atom. The summed E-state index contributed by atoms with van der Waals surface area (Å²) in [6.07, 6.45) is 0.632. The molecular formula is C23H27ClN2O4. The van der Waals surface area contributed by atoms with E-state index in [1.807, 2.05) is 42.2 Å². The average Bonchev–Trinajstić information content (AvgIpc) is 2.76. The molecule has 30 heavy (non-hydrogen) atoms. The number of aryl methyl sites for hydroxylation is 1. The molecule has 2 amide bonds. The lowest BCUT2D eigenvalue weighted by molar-refractivity contribution is -0.139. The Morgan fingerprint density at radius 1 is 0.933 bits per heavy atom. The molecule has 1 aliphatic rings. The molecule has 1 aliphatic heterocycles. The standard InChI is InChI=1S/C23H27ClN2O4/c1-17-3-8-20(21(15-17)29-2)30-14-9-22(27)25-10-12-26(13-11-25)23(28)16-18-4-6-19(24)7-5-18/h3-8,15H,9-14,16H2,1-2H3. The Balaban J connectivity index is 1.41. The number of ether oxygens (including phenoxy) is 2. The molecule has 160 valence electrons. The smallest absolute Gasteiger partial charge is 0.227 e. The van der Waals surface area contributed by atoms with Crippen molar-refractivity contribution >= 4 is 23.4 Å². The molecule has 7 heteroatoms. The number of benzene rings is 2. The van der Waals surface area contributed by atoms with E-state index in [4.69, 9.17) is 21.1 Å². The summed E-state index contributed by atoms with van der Waals surface area (Å²) in [4.78, 5) is 28.6. The summed E-state index contributed by atoms with van der Waals surface area (Å²) in [7, 11) is 1.60. The fourth-order valence-electron chi connectivity index (χ4n) is 3.39. The van der Waals surface area contributed by atoms with Gasteiger partial charge in [-0.15, -0.1) is 0 Å². The first-order valence-corrected chi connectivity index (χ1v) is 10.4. The maximum atomic E-state index is 12.5. The van der Waals surface area contributed by atoms with Crippen LogP contribution in [0.1, 0.15) is 17.5 Å². The van der Waals surface area contributed by atoms with Gasteiger partial charge < -0.3 is 19.3 Å². The number of nitrogens with zero attached hydrogens (tertiary/aromatic N) is 2. The van der Waals surface area contributed by atoms with Gasteiger partial charge in [-0.05, 0) is 42.3 Å². The molecule has 0 unspecified atom stereocenters. The number of rotatable bonds is 7. The molecule has 0 spiro atoms. The van der Waals surface area contributed by atoms with Crippen LogP contribution in [0, 0.1) is 6.92 Å². The van der Waals surface area contributed by atoms with Gasteiger partial charge in [0.1, 0.15) is 0 Å². The molecule has 3 rings (SSSR count). The molecule has 0 aliphatic carbocycles. The number of carbonyl (C=O) groups is 2. The third-order valence-electron chi connectivity index (χ3n) is 5.15. The molecule has 1 heterocycles. The Labute approximate surface area is 182 Å². The second-order valence-corrected chi connectivity index (χ2v) is 7.75. The molecule has 2 aromatic carbocycles. The summed E-state index contributed by atoms with van der Waals surface area (Å²) < 4.78 is 11.1. The van der Waals surface area contributed by atoms with Crippen molar-refractivity contribution in [2.45, 2.75) is 19.8 Å². The minimum absolute atomic E-state index is 0.0332. The molecule has 0 N–H and O–H groups in total. The Kier molecular flexibility index (Phi) is 7.57. The van der Waals surface area contributed by atoms with E-state index in [1.165, 1.54) is 0 Å². The monoisotopic (exact) mass is 430 g/mol. The SMILES string of the molecule is COc1cc(C)ccc1OCCC(=O)N1CCN(C(=O)Cc2ccc(Cl)cc2)CC1. The maximum absolute atomic E-state index is 12.5. The minimum Gasteiger partial charge on any atom is -0.493 e. The third kappa shape index (κ3) is 5.89. The number of hydrogen-bond acceptors (Lipinski definition) is 4. The molecule has 0 atom stereocenters. The highest BCUT2D eigenvalue weighted by Gasteiger charge is 2.24. The highest BCUT2D eigenvalue weighted by atomic mass is 35.5. The summed E-state index contributed by atoms with van der Waals surface area (Å²) in [6, 6.07) is 13.0. The zero-order valence-corrected chi connectivity index (χ0v) is 18.2. The van der Waals surface area contributed by atoms with Crippen LogP contribution < -0.4 is 9.47 Å². The van der Waals surface area contributed by atoms with Crippen molar-refractivity contribution in [2.24, 2.45) is 0 Å². The first kappa shape index (κ1) is 22.0. The van der Waals surface area contributed by atoms with Crippen molar-refractivity contribution in [1.29, 1.82) is 0 Å². The van der Waals surface area contributed by atoms with Gasteiger partial charge in [0, 0.05) is 31.2 Å². The van der Waals surface area contributed by atoms with Crippen LogP contribution in [0.4, 0.5) is 0 Å². The van der Waals surface area contributed by atoms with Crippen LogP contribution in [-0.4, -0.2) is 61.5 Å². The molecule has 0 aromatic heterocycles. The van der Waals surface area contributed by atoms with Crippen molar-refractivity contribution in [3.8, 4) is 11.5 Å². The van der Waals surface area contributed by atoms with E-state index in [-0.39, 0.29) is 24.8 Å². The topological polar surface area (TPSA) is 59.1 Å². The first-order valence-electron chi connectivity index (χ1n) is 10.0. The lowest BCUT2D eigenvalue weighted by Gasteiger charge is -2.35. The largest absolute Gasteiger partial charge is 0.493 e. The van der Waals surface area contributed by atoms with Gasteiger partial charge in [-0.1, -0.05) is 29.8 Å². The number of carbonyl (C=O) groups excluding carboxylic acids is 2. The van der Waals surface area contributed by atoms with Crippen molar-refractivity contribution in [2.75, 3.05) is 39.9 Å². The fourth-order valence-corrected chi connectivity index (χ4v) is 3.52. The van der Waals surface area contributed by atoms with Gasteiger partial charge in [0.15, 0.2) is 11.5 Å². The number of hydrogen-bond donors (Lipinski definition) is 0. The van der Waals surface area contributed by atoms with Gasteiger partial charge in [0.05, 0.1) is 26.6 Å². The highest BCUT2D eigenvalue weighted by molar-refractivity contribution is 6.30. The zero-order chi connectivity index (χ0) is 21.5. The zero-order valence-electron chi connectivity index (χ0n) is 17.4. The Bertz CT molecular complexity index is 877. The summed E-state index contributed by atoms with van der Waals surface area (Å²) >= 11 is 5.89. The number of piperazine rings is 1. The van der Waals surface area contributed by atoms with Gasteiger partial charge in [-0.3, -0.25) is 9.59 Å². The molecule has 0 saturated carbocycles. The maximum Gasteiger partial charge on any atom is 0.227 e. The lowest BCUT2D eigenvalue weighted by atomic mass is 10.1. The molecule has 1 saturated heterocycles. The average molecular weight is 431 g/mol. The van der Waals surface area contributed by atoms with Crippen molar-refractivity contribution in [3.05, 3.63) is 58.6 Å². The van der Waals surface area contributed by atoms with Crippen LogP contribution in [0.25, 0.3) is 0 Å². The van der Waals surface area contributed by atoms with Crippen molar-refractivity contribution < 1.29 is 19.1 Å². The van der Waals surface area contributed by atoms with Crippen LogP contribution in [0.15, 0.2) is 42.5 Å². The predicted molar refractivity (Wildman–Crippen MR) is 116 cm³/mol. The van der Waals surface area contributed by atoms with Crippen LogP contribution >= 0.6 is 11.6 Å². The van der Waals surface area contributed by atoms with Crippen LogP contribution in [0.2, 0.25) is 5.02 Å². The first-order chi connectivity index (χ1) is 14.5. The van der Waals surface area contributed by atoms with Gasteiger partial charge in [0.25, 0.3) is 0 Å². The van der Waals surface area contributed by atoms with Gasteiger partial charge in [-0.25, -0.2) is 0 Å². The van der Waals surface area contributed by atoms with Crippen molar-refractivity contribution in [3.63, 3.8) is 0 Å². The molecule has 2 aromatic rings. The third-order valence-corrected chi connectivity index (χ3v) is 5.40. The number of methoxy groups -OCH3 is 1. The van der Waals surface area contributed by atoms with Crippen molar-refractivity contribution in [1.82, 2.24) is 9.80 Å². The Hall–Kier alpha value is -2.73. The van der Waals surface area contributed by atoms with E-state index < -0.39 is 0 Å². The quantitative estimate of drug-likeness (QED) is 0.676. The number of amides is 2. The fraction of sp³-hybridized carbons (Fsp3) is 0.391. The second kappa shape index (κ2) is 10.3. The molecule has 1 fully saturated rings. The summed E-state index contributed by atoms with van der Waals surface area (Å²) in [5.74, 6) is 1.40. The van der Waals surface area contributed by atoms with E-state index in [9.17, 15) is 9.59 Å². The normalized spacial score (nSPS) is 13.8. The predicted octanol–water partition coefficient (Wildman–Crippen LogP) is 3.34. The summed E-state index contributed by atoms with van der Waals surface area (Å²) in [5, 5.41) is 0.656. The summed E-state index contributed by atoms with van der Waals surface area (Å²) in [5.41, 5.74) is 2.02. The second-order valence-electron chi connectivity index (χ2n) is 7.32. The molecule has 0 radical (unpaired) electrons. The lowest BCUT2D eigenvalue weighted by Crippen LogP contribution is -2.51. The minimum atomic E-state index is 0.0332. The van der Waals surface area contributed by atoms with E-state index in [1.54, 1.807) is 24.1 Å². The van der Waals surface area contributed by atoms with Crippen LogP contribution in [0.3, 0.4) is 0 Å². The van der Waals surface area contributed by atoms with Gasteiger partial charge >= 0.3 is 0 Å². The van der Waals surface area contributed by atoms with E-state index >= 15 is 0 Å². The van der Waals surface area contributed by atoms with Gasteiger partial charge in [0.2, 0.25) is 11.8 Å². The molecule has 6 nitrogen and oxygen atoms in total. The molecule has 0 bridgehead atoms. The Morgan fingerprint density at radius 2 is 1.57 bits per heavy atom. The summed E-state index contributed by atoms with van der Waals surface area (Å²) in [6.45, 7) is 4.44.